The molecule has 2 aromatic heterocycles. The van der Waals surface area contributed by atoms with Gasteiger partial charge in [0.05, 0.1) is 6.04 Å². The molecule has 9 nitrogen and oxygen atoms in total. The maximum absolute atomic E-state index is 13.3. The Morgan fingerprint density at radius 3 is 2.36 bits per heavy atom. The summed E-state index contributed by atoms with van der Waals surface area (Å²) in [5.74, 6) is -1.05. The second-order valence-electron chi connectivity index (χ2n) is 11.7. The summed E-state index contributed by atoms with van der Waals surface area (Å²) in [4.78, 5) is 40.0. The molecule has 13 heteroatoms. The van der Waals surface area contributed by atoms with Gasteiger partial charge in [-0.15, -0.1) is 11.3 Å². The lowest BCUT2D eigenvalue weighted by Gasteiger charge is -2.33. The third kappa shape index (κ3) is 6.66. The van der Waals surface area contributed by atoms with E-state index in [2.05, 4.69) is 20.3 Å². The van der Waals surface area contributed by atoms with Crippen LogP contribution in [0.4, 0.5) is 18.0 Å². The van der Waals surface area contributed by atoms with Gasteiger partial charge in [-0.05, 0) is 59.2 Å². The van der Waals surface area contributed by atoms with Crippen molar-refractivity contribution in [1.82, 2.24) is 25.2 Å². The first-order valence-electron chi connectivity index (χ1n) is 13.6. The SMILES string of the molecule is Cc1cnc(-c2cc(OC3CC4CC3CN4C(=O)OC(C)(C)C)cc(C(=O)NC(C)c3cnc(C(F)(F)F)nc3)c2)s1. The van der Waals surface area contributed by atoms with Crippen LogP contribution in [-0.2, 0) is 10.9 Å². The highest BCUT2D eigenvalue weighted by atomic mass is 32.1. The summed E-state index contributed by atoms with van der Waals surface area (Å²) in [6.07, 6.45) is 0.220. The second-order valence-corrected chi connectivity index (χ2v) is 13.0. The highest BCUT2D eigenvalue weighted by Gasteiger charge is 2.49. The Balaban J connectivity index is 1.32. The largest absolute Gasteiger partial charge is 0.490 e. The molecule has 1 aliphatic carbocycles. The highest BCUT2D eigenvalue weighted by molar-refractivity contribution is 7.14. The van der Waals surface area contributed by atoms with Crippen molar-refractivity contribution in [2.24, 2.45) is 5.92 Å². The third-order valence-electron chi connectivity index (χ3n) is 7.20. The summed E-state index contributed by atoms with van der Waals surface area (Å²) in [5, 5.41) is 3.53. The molecule has 1 aliphatic heterocycles. The zero-order chi connectivity index (χ0) is 30.4. The Bertz CT molecular complexity index is 1470. The number of thiazole rings is 1. The van der Waals surface area contributed by atoms with Crippen LogP contribution in [0.5, 0.6) is 5.75 Å². The molecular formula is C29H32F3N5O4S. The zero-order valence-corrected chi connectivity index (χ0v) is 24.7. The number of benzene rings is 1. The standard InChI is InChI=1S/C29H32F3N5O4S/c1-15-11-33-25(42-15)18-6-17(24(38)36-16(2)20-12-34-26(35-13-20)29(30,31)32)8-22(9-18)40-23-10-21-7-19(23)14-37(21)27(39)41-28(3,4)5/h6,8-9,11-13,16,19,21,23H,7,10,14H2,1-5H3,(H,36,38). The number of hydrogen-bond acceptors (Lipinski definition) is 8. The fraction of sp³-hybridized carbons (Fsp3) is 0.483. The van der Waals surface area contributed by atoms with Gasteiger partial charge in [0.15, 0.2) is 0 Å². The van der Waals surface area contributed by atoms with Gasteiger partial charge in [0.2, 0.25) is 5.82 Å². The van der Waals surface area contributed by atoms with Crippen LogP contribution in [0.2, 0.25) is 0 Å². The highest BCUT2D eigenvalue weighted by Crippen LogP contribution is 2.41. The number of halogens is 3. The van der Waals surface area contributed by atoms with Crippen LogP contribution in [0.3, 0.4) is 0 Å². The van der Waals surface area contributed by atoms with Crippen molar-refractivity contribution < 1.29 is 32.2 Å². The van der Waals surface area contributed by atoms with E-state index >= 15 is 0 Å². The number of rotatable bonds is 6. The molecule has 4 unspecified atom stereocenters. The van der Waals surface area contributed by atoms with Gasteiger partial charge in [-0.25, -0.2) is 19.7 Å². The van der Waals surface area contributed by atoms with Crippen molar-refractivity contribution in [3.63, 3.8) is 0 Å². The summed E-state index contributed by atoms with van der Waals surface area (Å²) in [5.41, 5.74) is 0.779. The van der Waals surface area contributed by atoms with Gasteiger partial charge in [0, 0.05) is 65.1 Å². The molecule has 2 fully saturated rings. The fourth-order valence-corrected chi connectivity index (χ4v) is 6.00. The topological polar surface area (TPSA) is 107 Å². The third-order valence-corrected chi connectivity index (χ3v) is 8.16. The Morgan fingerprint density at radius 2 is 1.79 bits per heavy atom. The smallest absolute Gasteiger partial charge is 0.451 e. The minimum absolute atomic E-state index is 0.0224. The predicted molar refractivity (Wildman–Crippen MR) is 149 cm³/mol. The van der Waals surface area contributed by atoms with E-state index in [1.807, 2.05) is 33.8 Å². The van der Waals surface area contributed by atoms with E-state index in [1.165, 1.54) is 11.3 Å². The molecule has 42 heavy (non-hydrogen) atoms. The molecule has 224 valence electrons. The van der Waals surface area contributed by atoms with Crippen LogP contribution in [0.1, 0.15) is 73.2 Å². The molecule has 0 spiro atoms. The first-order chi connectivity index (χ1) is 19.7. The summed E-state index contributed by atoms with van der Waals surface area (Å²) in [6.45, 7) is 9.64. The molecule has 1 aromatic carbocycles. The molecule has 1 N–H and O–H groups in total. The number of alkyl halides is 3. The number of ether oxygens (including phenoxy) is 2. The number of nitrogens with zero attached hydrogens (tertiary/aromatic N) is 4. The Morgan fingerprint density at radius 1 is 1.07 bits per heavy atom. The molecule has 3 aromatic rings. The fourth-order valence-electron chi connectivity index (χ4n) is 5.25. The molecule has 1 saturated carbocycles. The van der Waals surface area contributed by atoms with Gasteiger partial charge in [-0.1, -0.05) is 0 Å². The lowest BCUT2D eigenvalue weighted by molar-refractivity contribution is -0.145. The van der Waals surface area contributed by atoms with Gasteiger partial charge < -0.3 is 19.7 Å². The maximum atomic E-state index is 13.3. The number of carbonyl (C=O) groups excluding carboxylic acids is 2. The summed E-state index contributed by atoms with van der Waals surface area (Å²) in [7, 11) is 0. The predicted octanol–water partition coefficient (Wildman–Crippen LogP) is 6.20. The van der Waals surface area contributed by atoms with Crippen molar-refractivity contribution in [1.29, 1.82) is 0 Å². The van der Waals surface area contributed by atoms with Crippen LogP contribution in [0.15, 0.2) is 36.8 Å². The number of piperidine rings is 1. The molecule has 2 bridgehead atoms. The number of amides is 2. The first kappa shape index (κ1) is 29.7. The van der Waals surface area contributed by atoms with Gasteiger partial charge in [-0.3, -0.25) is 4.79 Å². The van der Waals surface area contributed by atoms with E-state index in [-0.39, 0.29) is 24.2 Å². The Labute approximate surface area is 245 Å². The normalized spacial score (nSPS) is 20.9. The van der Waals surface area contributed by atoms with Gasteiger partial charge in [0.1, 0.15) is 22.5 Å². The summed E-state index contributed by atoms with van der Waals surface area (Å²) >= 11 is 1.48. The molecular weight excluding hydrogens is 571 g/mol. The van der Waals surface area contributed by atoms with Crippen LogP contribution < -0.4 is 10.1 Å². The van der Waals surface area contributed by atoms with Gasteiger partial charge in [-0.2, -0.15) is 13.2 Å². The zero-order valence-electron chi connectivity index (χ0n) is 23.9. The van der Waals surface area contributed by atoms with Crippen molar-refractivity contribution in [3.05, 3.63) is 58.6 Å². The number of fused-ring (bicyclic) bond motifs is 2. The monoisotopic (exact) mass is 603 g/mol. The van der Waals surface area contributed by atoms with Crippen LogP contribution >= 0.6 is 11.3 Å². The number of aryl methyl sites for hydroxylation is 1. The molecule has 0 radical (unpaired) electrons. The number of aromatic nitrogens is 3. The number of carbonyl (C=O) groups is 2. The van der Waals surface area contributed by atoms with Gasteiger partial charge in [0.25, 0.3) is 5.91 Å². The van der Waals surface area contributed by atoms with Crippen molar-refractivity contribution in [2.75, 3.05) is 6.54 Å². The van der Waals surface area contributed by atoms with Gasteiger partial charge >= 0.3 is 12.3 Å². The Kier molecular flexibility index (Phi) is 7.90. The lowest BCUT2D eigenvalue weighted by atomic mass is 10.0. The lowest BCUT2D eigenvalue weighted by Crippen LogP contribution is -2.45. The minimum atomic E-state index is -4.65. The number of nitrogens with one attached hydrogen (secondary N) is 1. The van der Waals surface area contributed by atoms with Crippen molar-refractivity contribution >= 4 is 23.3 Å². The van der Waals surface area contributed by atoms with Crippen LogP contribution in [0.25, 0.3) is 10.6 Å². The van der Waals surface area contributed by atoms with E-state index in [4.69, 9.17) is 9.47 Å². The molecule has 4 atom stereocenters. The van der Waals surface area contributed by atoms with E-state index in [0.717, 1.165) is 28.7 Å². The average Bonchev–Trinajstić information content (AvgIpc) is 3.63. The van der Waals surface area contributed by atoms with E-state index in [1.54, 1.807) is 30.2 Å². The van der Waals surface area contributed by atoms with Crippen LogP contribution in [-0.4, -0.2) is 56.1 Å². The second kappa shape index (κ2) is 11.2. The maximum Gasteiger partial charge on any atom is 0.451 e. The molecule has 3 heterocycles. The molecule has 2 amide bonds. The van der Waals surface area contributed by atoms with Crippen molar-refractivity contribution in [2.45, 2.75) is 77.4 Å². The molecule has 5 rings (SSSR count). The first-order valence-corrected chi connectivity index (χ1v) is 14.4. The Hall–Kier alpha value is -3.74. The molecule has 2 aliphatic rings. The van der Waals surface area contributed by atoms with E-state index in [9.17, 15) is 22.8 Å². The number of hydrogen-bond donors (Lipinski definition) is 1. The van der Waals surface area contributed by atoms with E-state index in [0.29, 0.717) is 35.4 Å². The quantitative estimate of drug-likeness (QED) is 0.358. The summed E-state index contributed by atoms with van der Waals surface area (Å²) in [6, 6.07) is 4.57. The minimum Gasteiger partial charge on any atom is -0.490 e. The number of likely N-dealkylation sites (tertiary alicyclic amines) is 1. The average molecular weight is 604 g/mol. The summed E-state index contributed by atoms with van der Waals surface area (Å²) < 4.78 is 50.5. The van der Waals surface area contributed by atoms with Crippen LogP contribution in [0, 0.1) is 12.8 Å². The van der Waals surface area contributed by atoms with E-state index < -0.39 is 29.6 Å². The molecule has 1 saturated heterocycles. The van der Waals surface area contributed by atoms with Crippen molar-refractivity contribution in [3.8, 4) is 16.3 Å².